The quantitative estimate of drug-likeness (QED) is 0.0571. The van der Waals surface area contributed by atoms with Gasteiger partial charge in [0.15, 0.2) is 0 Å². The summed E-state index contributed by atoms with van der Waals surface area (Å²) in [6, 6.07) is 0. The second-order valence-electron chi connectivity index (χ2n) is 13.8. The highest BCUT2D eigenvalue weighted by Crippen LogP contribution is 2.15. The van der Waals surface area contributed by atoms with E-state index in [4.69, 9.17) is 24.7 Å². The zero-order valence-corrected chi connectivity index (χ0v) is 31.3. The molecule has 0 saturated carbocycles. The maximum absolute atomic E-state index is 12.1. The van der Waals surface area contributed by atoms with Crippen LogP contribution in [0, 0.1) is 0 Å². The monoisotopic (exact) mass is 672 g/mol. The second-order valence-corrected chi connectivity index (χ2v) is 13.8. The average molecular weight is 672 g/mol. The summed E-state index contributed by atoms with van der Waals surface area (Å²) in [6.07, 6.45) is 25.5. The fraction of sp³-hybridized carbons (Fsp3) is 0.947. The van der Waals surface area contributed by atoms with Crippen LogP contribution >= 0.6 is 0 Å². The van der Waals surface area contributed by atoms with E-state index in [0.717, 1.165) is 45.1 Å². The number of ether oxygens (including phenoxy) is 4. The number of unbranched alkanes of at least 4 members (excludes halogenated alkanes) is 16. The average Bonchev–Trinajstić information content (AvgIpc) is 3.04. The van der Waals surface area contributed by atoms with E-state index in [1.807, 2.05) is 20.8 Å². The molecule has 0 bridgehead atoms. The van der Waals surface area contributed by atoms with Gasteiger partial charge in [0.1, 0.15) is 0 Å². The Morgan fingerprint density at radius 2 is 1.23 bits per heavy atom. The van der Waals surface area contributed by atoms with Crippen molar-refractivity contribution in [2.45, 2.75) is 181 Å². The van der Waals surface area contributed by atoms with Gasteiger partial charge in [-0.25, -0.2) is 4.79 Å². The van der Waals surface area contributed by atoms with Crippen molar-refractivity contribution in [2.24, 2.45) is 5.73 Å². The molecule has 0 aliphatic carbocycles. The van der Waals surface area contributed by atoms with Crippen LogP contribution in [0.25, 0.3) is 0 Å². The standard InChI is InChI=1S/C38H77N3O6/c1-5-6-7-8-9-10-11-12-13-14-15-16-17-18-22-30-44-31-23-32-46-37(43)41-28-21-19-20-24-36(42)40-29-26-38(3,4)47-33-25-35(2)45-34-27-39/h35H,5-34,39H2,1-4H3,(H,40,42)(H,41,43). The highest BCUT2D eigenvalue weighted by atomic mass is 16.5. The lowest BCUT2D eigenvalue weighted by Crippen LogP contribution is -2.33. The first-order chi connectivity index (χ1) is 22.8. The molecular formula is C38H77N3O6. The third-order valence-corrected chi connectivity index (χ3v) is 8.49. The number of amides is 2. The number of carbonyl (C=O) groups is 2. The Hall–Kier alpha value is -1.42. The summed E-state index contributed by atoms with van der Waals surface area (Å²) >= 11 is 0. The molecule has 280 valence electrons. The van der Waals surface area contributed by atoms with Gasteiger partial charge in [0.05, 0.1) is 24.9 Å². The van der Waals surface area contributed by atoms with Crippen LogP contribution in [-0.2, 0) is 23.7 Å². The maximum atomic E-state index is 12.1. The van der Waals surface area contributed by atoms with Gasteiger partial charge in [0.2, 0.25) is 5.91 Å². The molecule has 0 heterocycles. The fourth-order valence-electron chi connectivity index (χ4n) is 5.35. The first-order valence-corrected chi connectivity index (χ1v) is 19.5. The predicted octanol–water partition coefficient (Wildman–Crippen LogP) is 8.61. The SMILES string of the molecule is CCCCCCCCCCCCCCCCCOCCCOC(=O)NCCCCCC(=O)NCCC(C)(C)OCCC(C)OCCN. The third kappa shape index (κ3) is 35.7. The molecule has 9 nitrogen and oxygen atoms in total. The second kappa shape index (κ2) is 34.4. The minimum Gasteiger partial charge on any atom is -0.449 e. The van der Waals surface area contributed by atoms with E-state index in [1.54, 1.807) is 0 Å². The number of rotatable bonds is 36. The van der Waals surface area contributed by atoms with Crippen molar-refractivity contribution in [1.29, 1.82) is 0 Å². The molecule has 1 atom stereocenters. The molecular weight excluding hydrogens is 594 g/mol. The van der Waals surface area contributed by atoms with Gasteiger partial charge in [0, 0.05) is 52.3 Å². The van der Waals surface area contributed by atoms with Gasteiger partial charge in [-0.3, -0.25) is 4.79 Å². The Morgan fingerprint density at radius 3 is 1.85 bits per heavy atom. The van der Waals surface area contributed by atoms with E-state index < -0.39 is 0 Å². The van der Waals surface area contributed by atoms with Gasteiger partial charge >= 0.3 is 6.09 Å². The minimum atomic E-state index is -0.382. The fourth-order valence-corrected chi connectivity index (χ4v) is 5.35. The molecule has 2 amide bonds. The zero-order chi connectivity index (χ0) is 34.7. The molecule has 0 aliphatic rings. The lowest BCUT2D eigenvalue weighted by molar-refractivity contribution is -0.121. The van der Waals surface area contributed by atoms with Crippen molar-refractivity contribution in [2.75, 3.05) is 52.7 Å². The molecule has 1 unspecified atom stereocenters. The van der Waals surface area contributed by atoms with E-state index in [1.165, 1.54) is 89.9 Å². The van der Waals surface area contributed by atoms with Crippen molar-refractivity contribution in [1.82, 2.24) is 10.6 Å². The summed E-state index contributed by atoms with van der Waals surface area (Å²) in [5, 5.41) is 5.77. The van der Waals surface area contributed by atoms with Crippen LogP contribution in [0.4, 0.5) is 4.79 Å². The van der Waals surface area contributed by atoms with Crippen LogP contribution in [0.2, 0.25) is 0 Å². The summed E-state index contributed by atoms with van der Waals surface area (Å²) in [7, 11) is 0. The molecule has 0 rings (SSSR count). The summed E-state index contributed by atoms with van der Waals surface area (Å²) in [5.41, 5.74) is 5.16. The predicted molar refractivity (Wildman–Crippen MR) is 195 cm³/mol. The maximum Gasteiger partial charge on any atom is 0.407 e. The highest BCUT2D eigenvalue weighted by molar-refractivity contribution is 5.75. The number of carbonyl (C=O) groups excluding carboxylic acids is 2. The van der Waals surface area contributed by atoms with Crippen LogP contribution < -0.4 is 16.4 Å². The van der Waals surface area contributed by atoms with Crippen LogP contribution in [0.5, 0.6) is 0 Å². The molecule has 4 N–H and O–H groups in total. The summed E-state index contributed by atoms with van der Waals surface area (Å²) in [5.74, 6) is 0.0544. The molecule has 0 radical (unpaired) electrons. The third-order valence-electron chi connectivity index (χ3n) is 8.49. The molecule has 0 aromatic carbocycles. The number of alkyl carbamates (subject to hydrolysis) is 1. The topological polar surface area (TPSA) is 121 Å². The Labute approximate surface area is 289 Å². The van der Waals surface area contributed by atoms with E-state index in [-0.39, 0.29) is 23.7 Å². The molecule has 9 heteroatoms. The van der Waals surface area contributed by atoms with Crippen LogP contribution in [0.3, 0.4) is 0 Å². The number of hydrogen-bond donors (Lipinski definition) is 3. The van der Waals surface area contributed by atoms with Crippen molar-refractivity contribution >= 4 is 12.0 Å². The van der Waals surface area contributed by atoms with Gasteiger partial charge in [-0.2, -0.15) is 0 Å². The molecule has 0 saturated heterocycles. The molecule has 0 aliphatic heterocycles. The van der Waals surface area contributed by atoms with Gasteiger partial charge in [-0.05, 0) is 52.9 Å². The number of nitrogens with one attached hydrogen (secondary N) is 2. The zero-order valence-electron chi connectivity index (χ0n) is 31.3. The normalized spacial score (nSPS) is 12.3. The first kappa shape index (κ1) is 45.6. The largest absolute Gasteiger partial charge is 0.449 e. The van der Waals surface area contributed by atoms with Crippen molar-refractivity contribution < 1.29 is 28.5 Å². The molecule has 0 aromatic heterocycles. The lowest BCUT2D eigenvalue weighted by atomic mass is 10.0. The Bertz CT molecular complexity index is 694. The van der Waals surface area contributed by atoms with Crippen molar-refractivity contribution in [3.05, 3.63) is 0 Å². The number of hydrogen-bond acceptors (Lipinski definition) is 7. The number of nitrogens with two attached hydrogens (primary N) is 1. The van der Waals surface area contributed by atoms with Crippen LogP contribution in [-0.4, -0.2) is 76.4 Å². The van der Waals surface area contributed by atoms with Gasteiger partial charge in [0.25, 0.3) is 0 Å². The molecule has 0 aromatic rings. The first-order valence-electron chi connectivity index (χ1n) is 19.5. The van der Waals surface area contributed by atoms with E-state index >= 15 is 0 Å². The van der Waals surface area contributed by atoms with E-state index in [9.17, 15) is 9.59 Å². The smallest absolute Gasteiger partial charge is 0.407 e. The van der Waals surface area contributed by atoms with Gasteiger partial charge < -0.3 is 35.3 Å². The summed E-state index contributed by atoms with van der Waals surface area (Å²) < 4.78 is 22.5. The Morgan fingerprint density at radius 1 is 0.660 bits per heavy atom. The van der Waals surface area contributed by atoms with E-state index in [0.29, 0.717) is 58.9 Å². The molecule has 47 heavy (non-hydrogen) atoms. The Kier molecular flexibility index (Phi) is 33.4. The molecule has 0 fully saturated rings. The van der Waals surface area contributed by atoms with Crippen molar-refractivity contribution in [3.63, 3.8) is 0 Å². The Balaban J connectivity index is 3.40. The highest BCUT2D eigenvalue weighted by Gasteiger charge is 2.19. The van der Waals surface area contributed by atoms with Gasteiger partial charge in [-0.15, -0.1) is 0 Å². The minimum absolute atomic E-state index is 0.0544. The van der Waals surface area contributed by atoms with E-state index in [2.05, 4.69) is 17.6 Å². The van der Waals surface area contributed by atoms with Gasteiger partial charge in [-0.1, -0.05) is 103 Å². The van der Waals surface area contributed by atoms with Crippen LogP contribution in [0.15, 0.2) is 0 Å². The lowest BCUT2D eigenvalue weighted by Gasteiger charge is -2.26. The summed E-state index contributed by atoms with van der Waals surface area (Å²) in [4.78, 5) is 24.0. The summed E-state index contributed by atoms with van der Waals surface area (Å²) in [6.45, 7) is 13.0. The van der Waals surface area contributed by atoms with Crippen LogP contribution in [0.1, 0.15) is 169 Å². The molecule has 0 spiro atoms. The van der Waals surface area contributed by atoms with Crippen molar-refractivity contribution in [3.8, 4) is 0 Å².